The van der Waals surface area contributed by atoms with Gasteiger partial charge in [-0.1, -0.05) is 26.8 Å². The van der Waals surface area contributed by atoms with Gasteiger partial charge in [0.15, 0.2) is 0 Å². The molecule has 1 heterocycles. The molecule has 0 amide bonds. The molecular weight excluding hydrogens is 172 g/mol. The summed E-state index contributed by atoms with van der Waals surface area (Å²) < 4.78 is 0. The van der Waals surface area contributed by atoms with Crippen LogP contribution in [0.4, 0.5) is 0 Å². The molecule has 2 heteroatoms. The molecule has 0 N–H and O–H groups in total. The van der Waals surface area contributed by atoms with Crippen molar-refractivity contribution in [3.63, 3.8) is 0 Å². The molecule has 76 valence electrons. The molecule has 0 bridgehead atoms. The lowest BCUT2D eigenvalue weighted by Crippen LogP contribution is -2.20. The van der Waals surface area contributed by atoms with Crippen LogP contribution in [0.3, 0.4) is 0 Å². The summed E-state index contributed by atoms with van der Waals surface area (Å²) in [4.78, 5) is 8.66. The summed E-state index contributed by atoms with van der Waals surface area (Å²) in [6.07, 6.45) is 3.62. The third kappa shape index (κ3) is 3.29. The van der Waals surface area contributed by atoms with Gasteiger partial charge in [-0.05, 0) is 24.5 Å². The SMILES string of the molecule is C[C@@H](N=Cc1ccccn1)C(C)(C)C. The van der Waals surface area contributed by atoms with E-state index in [-0.39, 0.29) is 5.41 Å². The van der Waals surface area contributed by atoms with Gasteiger partial charge >= 0.3 is 0 Å². The number of aliphatic imine (C=N–C) groups is 1. The predicted molar refractivity (Wildman–Crippen MR) is 60.7 cm³/mol. The lowest BCUT2D eigenvalue weighted by Gasteiger charge is -2.23. The Morgan fingerprint density at radius 2 is 2.07 bits per heavy atom. The number of pyridine rings is 1. The number of aromatic nitrogens is 1. The number of hydrogen-bond donors (Lipinski definition) is 0. The quantitative estimate of drug-likeness (QED) is 0.658. The molecule has 0 aliphatic rings. The van der Waals surface area contributed by atoms with E-state index in [2.05, 4.69) is 37.7 Å². The van der Waals surface area contributed by atoms with E-state index in [0.29, 0.717) is 6.04 Å². The van der Waals surface area contributed by atoms with E-state index < -0.39 is 0 Å². The molecule has 14 heavy (non-hydrogen) atoms. The van der Waals surface area contributed by atoms with Crippen LogP contribution in [0.25, 0.3) is 0 Å². The van der Waals surface area contributed by atoms with E-state index in [1.165, 1.54) is 0 Å². The molecule has 0 unspecified atom stereocenters. The van der Waals surface area contributed by atoms with Crippen LogP contribution in [0.5, 0.6) is 0 Å². The topological polar surface area (TPSA) is 25.2 Å². The maximum absolute atomic E-state index is 4.48. The molecule has 0 aliphatic carbocycles. The minimum Gasteiger partial charge on any atom is -0.287 e. The summed E-state index contributed by atoms with van der Waals surface area (Å²) in [7, 11) is 0. The van der Waals surface area contributed by atoms with Crippen LogP contribution in [0.1, 0.15) is 33.4 Å². The Bertz CT molecular complexity index is 296. The monoisotopic (exact) mass is 190 g/mol. The summed E-state index contributed by atoms with van der Waals surface area (Å²) >= 11 is 0. The van der Waals surface area contributed by atoms with E-state index in [9.17, 15) is 0 Å². The molecule has 1 rings (SSSR count). The molecule has 0 aromatic carbocycles. The Balaban J connectivity index is 2.66. The first-order chi connectivity index (χ1) is 6.50. The van der Waals surface area contributed by atoms with Gasteiger partial charge in [-0.25, -0.2) is 0 Å². The molecule has 0 aliphatic heterocycles. The van der Waals surface area contributed by atoms with Gasteiger partial charge in [0, 0.05) is 12.4 Å². The first-order valence-corrected chi connectivity index (χ1v) is 4.94. The Morgan fingerprint density at radius 3 is 2.57 bits per heavy atom. The Morgan fingerprint density at radius 1 is 1.36 bits per heavy atom. The van der Waals surface area contributed by atoms with Gasteiger partial charge in [-0.2, -0.15) is 0 Å². The zero-order chi connectivity index (χ0) is 10.6. The first kappa shape index (κ1) is 10.9. The van der Waals surface area contributed by atoms with Crippen LogP contribution >= 0.6 is 0 Å². The standard InChI is InChI=1S/C12H18N2/c1-10(12(2,3)4)14-9-11-7-5-6-8-13-11/h5-10H,1-4H3/t10-/m1/s1. The van der Waals surface area contributed by atoms with Gasteiger partial charge in [-0.3, -0.25) is 9.98 Å². The van der Waals surface area contributed by atoms with E-state index >= 15 is 0 Å². The summed E-state index contributed by atoms with van der Waals surface area (Å²) in [5, 5.41) is 0. The van der Waals surface area contributed by atoms with Gasteiger partial charge < -0.3 is 0 Å². The second-order valence-electron chi connectivity index (χ2n) is 4.57. The van der Waals surface area contributed by atoms with Gasteiger partial charge in [0.1, 0.15) is 0 Å². The maximum atomic E-state index is 4.48. The van der Waals surface area contributed by atoms with E-state index in [0.717, 1.165) is 5.69 Å². The Labute approximate surface area is 86.1 Å². The highest BCUT2D eigenvalue weighted by molar-refractivity contribution is 5.76. The van der Waals surface area contributed by atoms with Crippen LogP contribution < -0.4 is 0 Å². The summed E-state index contributed by atoms with van der Waals surface area (Å²) in [5.41, 5.74) is 1.13. The van der Waals surface area contributed by atoms with Gasteiger partial charge in [0.25, 0.3) is 0 Å². The van der Waals surface area contributed by atoms with Crippen molar-refractivity contribution in [1.29, 1.82) is 0 Å². The van der Waals surface area contributed by atoms with Crippen molar-refractivity contribution in [2.45, 2.75) is 33.7 Å². The van der Waals surface area contributed by atoms with E-state index in [4.69, 9.17) is 0 Å². The average molecular weight is 190 g/mol. The van der Waals surface area contributed by atoms with E-state index in [1.807, 2.05) is 24.4 Å². The Kier molecular flexibility index (Phi) is 3.39. The highest BCUT2D eigenvalue weighted by Gasteiger charge is 2.17. The lowest BCUT2D eigenvalue weighted by atomic mass is 9.88. The highest BCUT2D eigenvalue weighted by Crippen LogP contribution is 2.21. The van der Waals surface area contributed by atoms with Crippen molar-refractivity contribution < 1.29 is 0 Å². The number of nitrogens with zero attached hydrogens (tertiary/aromatic N) is 2. The zero-order valence-electron chi connectivity index (χ0n) is 9.36. The average Bonchev–Trinajstić information content (AvgIpc) is 2.14. The smallest absolute Gasteiger partial charge is 0.0807 e. The molecule has 0 radical (unpaired) electrons. The third-order valence-electron chi connectivity index (χ3n) is 2.37. The minimum atomic E-state index is 0.214. The fourth-order valence-electron chi connectivity index (χ4n) is 0.864. The highest BCUT2D eigenvalue weighted by atomic mass is 14.8. The summed E-state index contributed by atoms with van der Waals surface area (Å²) in [5.74, 6) is 0. The Hall–Kier alpha value is -1.18. The molecule has 0 fully saturated rings. The van der Waals surface area contributed by atoms with Gasteiger partial charge in [-0.15, -0.1) is 0 Å². The van der Waals surface area contributed by atoms with Crippen molar-refractivity contribution in [2.24, 2.45) is 10.4 Å². The predicted octanol–water partition coefficient (Wildman–Crippen LogP) is 2.94. The summed E-state index contributed by atoms with van der Waals surface area (Å²) in [6.45, 7) is 8.69. The van der Waals surface area contributed by atoms with Crippen LogP contribution in [-0.4, -0.2) is 17.2 Å². The van der Waals surface area contributed by atoms with Gasteiger partial charge in [0.05, 0.1) is 11.7 Å². The van der Waals surface area contributed by atoms with Crippen LogP contribution in [0, 0.1) is 5.41 Å². The fourth-order valence-corrected chi connectivity index (χ4v) is 0.864. The van der Waals surface area contributed by atoms with Crippen molar-refractivity contribution >= 4 is 6.21 Å². The molecule has 0 saturated carbocycles. The first-order valence-electron chi connectivity index (χ1n) is 4.94. The fraction of sp³-hybridized carbons (Fsp3) is 0.500. The van der Waals surface area contributed by atoms with Crippen LogP contribution in [0.2, 0.25) is 0 Å². The van der Waals surface area contributed by atoms with Gasteiger partial charge in [0.2, 0.25) is 0 Å². The van der Waals surface area contributed by atoms with Crippen molar-refractivity contribution in [1.82, 2.24) is 4.98 Å². The second kappa shape index (κ2) is 4.36. The van der Waals surface area contributed by atoms with Crippen molar-refractivity contribution in [3.05, 3.63) is 30.1 Å². The molecule has 1 aromatic heterocycles. The largest absolute Gasteiger partial charge is 0.287 e. The molecule has 1 aromatic rings. The molecular formula is C12H18N2. The van der Waals surface area contributed by atoms with Crippen LogP contribution in [0.15, 0.2) is 29.4 Å². The second-order valence-corrected chi connectivity index (χ2v) is 4.57. The molecule has 2 nitrogen and oxygen atoms in total. The summed E-state index contributed by atoms with van der Waals surface area (Å²) in [6, 6.07) is 6.14. The lowest BCUT2D eigenvalue weighted by molar-refractivity contribution is 0.342. The zero-order valence-corrected chi connectivity index (χ0v) is 9.36. The van der Waals surface area contributed by atoms with Crippen molar-refractivity contribution in [2.75, 3.05) is 0 Å². The van der Waals surface area contributed by atoms with E-state index in [1.54, 1.807) is 6.20 Å². The molecule has 0 spiro atoms. The third-order valence-corrected chi connectivity index (χ3v) is 2.37. The van der Waals surface area contributed by atoms with Crippen molar-refractivity contribution in [3.8, 4) is 0 Å². The minimum absolute atomic E-state index is 0.214. The molecule has 1 atom stereocenters. The molecule has 0 saturated heterocycles. The maximum Gasteiger partial charge on any atom is 0.0807 e. The number of rotatable bonds is 2. The van der Waals surface area contributed by atoms with Crippen LogP contribution in [-0.2, 0) is 0 Å². The number of hydrogen-bond acceptors (Lipinski definition) is 2. The normalized spacial score (nSPS) is 14.6.